The summed E-state index contributed by atoms with van der Waals surface area (Å²) < 4.78 is 70.2. The number of sulfonamides is 1. The number of nitrogens with one attached hydrogen (secondary N) is 1. The van der Waals surface area contributed by atoms with Crippen LogP contribution in [0.15, 0.2) is 29.2 Å². The largest absolute Gasteiger partial charge is 0.456 e. The van der Waals surface area contributed by atoms with Gasteiger partial charge >= 0.3 is 12.1 Å². The van der Waals surface area contributed by atoms with Crippen molar-refractivity contribution in [2.24, 2.45) is 0 Å². The molecule has 10 heteroatoms. The maximum absolute atomic E-state index is 12.8. The van der Waals surface area contributed by atoms with Crippen LogP contribution in [0.5, 0.6) is 0 Å². The number of nitrogens with zero attached hydrogens (tertiary/aromatic N) is 1. The molecule has 0 amide bonds. The van der Waals surface area contributed by atoms with Crippen molar-refractivity contribution < 1.29 is 36.0 Å². The fourth-order valence-corrected chi connectivity index (χ4v) is 4.27. The van der Waals surface area contributed by atoms with Gasteiger partial charge < -0.3 is 9.64 Å². The summed E-state index contributed by atoms with van der Waals surface area (Å²) in [6.45, 7) is 6.40. The highest BCUT2D eigenvalue weighted by Gasteiger charge is 2.35. The lowest BCUT2D eigenvalue weighted by Gasteiger charge is -2.31. The van der Waals surface area contributed by atoms with Gasteiger partial charge in [-0.3, -0.25) is 0 Å². The van der Waals surface area contributed by atoms with Gasteiger partial charge in [0.15, 0.2) is 6.54 Å². The maximum atomic E-state index is 12.8. The molecule has 1 heterocycles. The third kappa shape index (κ3) is 5.91. The molecule has 1 aromatic rings. The number of benzene rings is 1. The van der Waals surface area contributed by atoms with E-state index in [1.807, 2.05) is 0 Å². The quantitative estimate of drug-likeness (QED) is 0.752. The summed E-state index contributed by atoms with van der Waals surface area (Å²) in [6.07, 6.45) is -4.61. The van der Waals surface area contributed by atoms with Gasteiger partial charge in [-0.2, -0.15) is 17.5 Å². The molecule has 0 unspecified atom stereocenters. The first kappa shape index (κ1) is 21.6. The van der Waals surface area contributed by atoms with Crippen LogP contribution < -0.4 is 4.90 Å². The summed E-state index contributed by atoms with van der Waals surface area (Å²) in [5.74, 6) is -0.369. The van der Waals surface area contributed by atoms with E-state index < -0.39 is 27.4 Å². The van der Waals surface area contributed by atoms with E-state index >= 15 is 0 Å². The van der Waals surface area contributed by atoms with Gasteiger partial charge in [0.2, 0.25) is 10.0 Å². The Bertz CT molecular complexity index is 780. The van der Waals surface area contributed by atoms with Crippen molar-refractivity contribution in [2.75, 3.05) is 32.7 Å². The van der Waals surface area contributed by atoms with Crippen molar-refractivity contribution in [3.63, 3.8) is 0 Å². The molecule has 0 atom stereocenters. The lowest BCUT2D eigenvalue weighted by molar-refractivity contribution is -0.896. The van der Waals surface area contributed by atoms with Gasteiger partial charge in [0.1, 0.15) is 5.60 Å². The van der Waals surface area contributed by atoms with Crippen LogP contribution in [-0.4, -0.2) is 57.0 Å². The first-order valence-corrected chi connectivity index (χ1v) is 9.96. The number of quaternary nitrogens is 1. The normalized spacial score (nSPS) is 17.7. The van der Waals surface area contributed by atoms with Crippen LogP contribution in [0.4, 0.5) is 13.2 Å². The number of carbonyl (C=O) groups is 1. The highest BCUT2D eigenvalue weighted by atomic mass is 32.2. The third-order valence-corrected chi connectivity index (χ3v) is 5.94. The average molecular weight is 409 g/mol. The summed E-state index contributed by atoms with van der Waals surface area (Å²) in [5, 5.41) is 0. The van der Waals surface area contributed by atoms with E-state index in [9.17, 15) is 26.4 Å². The molecule has 0 spiro atoms. The molecule has 0 radical (unpaired) electrons. The number of alkyl halides is 3. The molecule has 1 aromatic carbocycles. The van der Waals surface area contributed by atoms with E-state index in [0.29, 0.717) is 19.2 Å². The predicted molar refractivity (Wildman–Crippen MR) is 91.6 cm³/mol. The Balaban J connectivity index is 2.02. The maximum Gasteiger partial charge on any atom is 0.416 e. The van der Waals surface area contributed by atoms with Crippen molar-refractivity contribution in [3.8, 4) is 0 Å². The molecular weight excluding hydrogens is 385 g/mol. The van der Waals surface area contributed by atoms with Gasteiger partial charge in [-0.1, -0.05) is 6.07 Å². The Hall–Kier alpha value is -1.65. The monoisotopic (exact) mass is 409 g/mol. The van der Waals surface area contributed by atoms with Crippen LogP contribution in [0.1, 0.15) is 26.3 Å². The number of esters is 1. The molecule has 2 rings (SSSR count). The molecular formula is C17H24F3N2O4S+. The fraction of sp³-hybridized carbons (Fsp3) is 0.588. The van der Waals surface area contributed by atoms with E-state index in [1.54, 1.807) is 20.8 Å². The van der Waals surface area contributed by atoms with Gasteiger partial charge in [0.25, 0.3) is 0 Å². The molecule has 1 saturated heterocycles. The van der Waals surface area contributed by atoms with Crippen molar-refractivity contribution >= 4 is 16.0 Å². The Morgan fingerprint density at radius 2 is 1.78 bits per heavy atom. The zero-order valence-electron chi connectivity index (χ0n) is 15.5. The summed E-state index contributed by atoms with van der Waals surface area (Å²) in [6, 6.07) is 3.72. The first-order valence-electron chi connectivity index (χ1n) is 8.52. The second kappa shape index (κ2) is 7.76. The molecule has 6 nitrogen and oxygen atoms in total. The number of piperazine rings is 1. The fourth-order valence-electron chi connectivity index (χ4n) is 2.78. The van der Waals surface area contributed by atoms with Crippen molar-refractivity contribution in [2.45, 2.75) is 37.4 Å². The number of hydrogen-bond acceptors (Lipinski definition) is 4. The summed E-state index contributed by atoms with van der Waals surface area (Å²) in [4.78, 5) is 12.4. The molecule has 1 N–H and O–H groups in total. The minimum atomic E-state index is -4.61. The topological polar surface area (TPSA) is 68.1 Å². The van der Waals surface area contributed by atoms with Crippen LogP contribution in [0.3, 0.4) is 0 Å². The Kier molecular flexibility index (Phi) is 6.23. The second-order valence-corrected chi connectivity index (χ2v) is 9.38. The molecule has 0 aromatic heterocycles. The number of rotatable bonds is 4. The first-order chi connectivity index (χ1) is 12.3. The highest BCUT2D eigenvalue weighted by molar-refractivity contribution is 7.89. The lowest BCUT2D eigenvalue weighted by Crippen LogP contribution is -3.15. The van der Waals surface area contributed by atoms with Gasteiger partial charge in [-0.15, -0.1) is 0 Å². The molecule has 152 valence electrons. The molecule has 1 fully saturated rings. The Morgan fingerprint density at radius 3 is 2.30 bits per heavy atom. The molecule has 1 aliphatic heterocycles. The number of ether oxygens (including phenoxy) is 1. The van der Waals surface area contributed by atoms with E-state index in [1.165, 1.54) is 0 Å². The van der Waals surface area contributed by atoms with Crippen molar-refractivity contribution in [1.82, 2.24) is 4.31 Å². The van der Waals surface area contributed by atoms with Crippen LogP contribution in [0.2, 0.25) is 0 Å². The molecule has 0 saturated carbocycles. The summed E-state index contributed by atoms with van der Waals surface area (Å²) >= 11 is 0. The zero-order valence-corrected chi connectivity index (χ0v) is 16.3. The third-order valence-electron chi connectivity index (χ3n) is 4.04. The van der Waals surface area contributed by atoms with Crippen molar-refractivity contribution in [1.29, 1.82) is 0 Å². The van der Waals surface area contributed by atoms with Gasteiger partial charge in [0.05, 0.1) is 36.6 Å². The van der Waals surface area contributed by atoms with E-state index in [2.05, 4.69) is 0 Å². The van der Waals surface area contributed by atoms with E-state index in [-0.39, 0.29) is 30.5 Å². The summed E-state index contributed by atoms with van der Waals surface area (Å²) in [5.41, 5.74) is -1.59. The highest BCUT2D eigenvalue weighted by Crippen LogP contribution is 2.31. The van der Waals surface area contributed by atoms with E-state index in [4.69, 9.17) is 4.74 Å². The van der Waals surface area contributed by atoms with Crippen molar-refractivity contribution in [3.05, 3.63) is 29.8 Å². The molecule has 0 aliphatic carbocycles. The molecule has 0 bridgehead atoms. The number of carbonyl (C=O) groups excluding carboxylic acids is 1. The van der Waals surface area contributed by atoms with Gasteiger partial charge in [-0.25, -0.2) is 13.2 Å². The average Bonchev–Trinajstić information content (AvgIpc) is 2.53. The minimum absolute atomic E-state index is 0.120. The smallest absolute Gasteiger partial charge is 0.416 e. The standard InChI is InChI=1S/C17H23F3N2O4S/c1-16(2,3)26-15(23)12-21-7-9-22(10-8-21)27(24,25)14-6-4-5-13(11-14)17(18,19)20/h4-6,11H,7-10,12H2,1-3H3/p+1. The van der Waals surface area contributed by atoms with Crippen LogP contribution in [-0.2, 0) is 25.7 Å². The SMILES string of the molecule is CC(C)(C)OC(=O)C[NH+]1CCN(S(=O)(=O)c2cccc(C(F)(F)F)c2)CC1. The van der Waals surface area contributed by atoms with Gasteiger partial charge in [-0.05, 0) is 39.0 Å². The lowest BCUT2D eigenvalue weighted by atomic mass is 10.2. The van der Waals surface area contributed by atoms with Crippen LogP contribution >= 0.6 is 0 Å². The van der Waals surface area contributed by atoms with E-state index in [0.717, 1.165) is 27.4 Å². The van der Waals surface area contributed by atoms with Crippen LogP contribution in [0.25, 0.3) is 0 Å². The molecule has 1 aliphatic rings. The summed E-state index contributed by atoms with van der Waals surface area (Å²) in [7, 11) is -4.02. The zero-order chi connectivity index (χ0) is 20.5. The predicted octanol–water partition coefficient (Wildman–Crippen LogP) is 0.936. The number of halogens is 3. The minimum Gasteiger partial charge on any atom is -0.456 e. The van der Waals surface area contributed by atoms with Crippen LogP contribution in [0, 0.1) is 0 Å². The Labute approximate surface area is 156 Å². The Morgan fingerprint density at radius 1 is 1.19 bits per heavy atom. The molecule has 27 heavy (non-hydrogen) atoms. The number of hydrogen-bond donors (Lipinski definition) is 1. The van der Waals surface area contributed by atoms with Gasteiger partial charge in [0, 0.05) is 0 Å². The second-order valence-electron chi connectivity index (χ2n) is 7.44.